The number of ether oxygens (including phenoxy) is 1. The molecule has 0 radical (unpaired) electrons. The van der Waals surface area contributed by atoms with E-state index in [-0.39, 0.29) is 6.23 Å². The van der Waals surface area contributed by atoms with Crippen molar-refractivity contribution >= 4 is 0 Å². The molecule has 0 saturated carbocycles. The molecule has 0 spiro atoms. The van der Waals surface area contributed by atoms with Crippen LogP contribution in [0.2, 0.25) is 0 Å². The Hall–Kier alpha value is -0.160. The Morgan fingerprint density at radius 3 is 2.31 bits per heavy atom. The maximum atomic E-state index is 5.42. The van der Waals surface area contributed by atoms with Crippen LogP contribution >= 0.6 is 0 Å². The van der Waals surface area contributed by atoms with Crippen LogP contribution in [-0.2, 0) is 4.74 Å². The summed E-state index contributed by atoms with van der Waals surface area (Å²) in [5.74, 6) is 0. The molecular weight excluding hydrogens is 202 g/mol. The summed E-state index contributed by atoms with van der Waals surface area (Å²) in [7, 11) is 6.19. The Balaban J connectivity index is 2.35. The summed E-state index contributed by atoms with van der Waals surface area (Å²) >= 11 is 0. The summed E-state index contributed by atoms with van der Waals surface area (Å²) < 4.78 is 5.42. The number of rotatable bonds is 1. The largest absolute Gasteiger partial charge is 0.367 e. The van der Waals surface area contributed by atoms with Gasteiger partial charge in [-0.05, 0) is 59.5 Å². The fraction of sp³-hybridized carbons (Fsp3) is 1.00. The molecule has 0 bridgehead atoms. The molecule has 1 N–H and O–H groups in total. The molecule has 0 amide bonds. The van der Waals surface area contributed by atoms with Crippen LogP contribution < -0.4 is 5.32 Å². The zero-order valence-electron chi connectivity index (χ0n) is 11.0. The van der Waals surface area contributed by atoms with Crippen LogP contribution in [0.1, 0.15) is 19.3 Å². The lowest BCUT2D eigenvalue weighted by atomic mass is 10.2. The van der Waals surface area contributed by atoms with Gasteiger partial charge >= 0.3 is 0 Å². The summed E-state index contributed by atoms with van der Waals surface area (Å²) in [4.78, 5) is 4.81. The first-order chi connectivity index (χ1) is 7.72. The monoisotopic (exact) mass is 229 g/mol. The van der Waals surface area contributed by atoms with Crippen molar-refractivity contribution in [1.82, 2.24) is 15.1 Å². The molecule has 1 atom stereocenters. The average molecular weight is 229 g/mol. The third-order valence-corrected chi connectivity index (χ3v) is 3.23. The second-order valence-corrected chi connectivity index (χ2v) is 4.78. The van der Waals surface area contributed by atoms with Crippen molar-refractivity contribution in [3.63, 3.8) is 0 Å². The van der Waals surface area contributed by atoms with Gasteiger partial charge in [0.2, 0.25) is 0 Å². The van der Waals surface area contributed by atoms with Gasteiger partial charge in [0.1, 0.15) is 6.23 Å². The van der Waals surface area contributed by atoms with Crippen molar-refractivity contribution in [2.75, 3.05) is 53.9 Å². The van der Waals surface area contributed by atoms with E-state index < -0.39 is 0 Å². The minimum absolute atomic E-state index is 0.215. The highest BCUT2D eigenvalue weighted by atomic mass is 16.5. The molecule has 0 aliphatic carbocycles. The fourth-order valence-corrected chi connectivity index (χ4v) is 2.09. The minimum atomic E-state index is 0.215. The predicted molar refractivity (Wildman–Crippen MR) is 67.6 cm³/mol. The van der Waals surface area contributed by atoms with Crippen LogP contribution in [0.25, 0.3) is 0 Å². The van der Waals surface area contributed by atoms with E-state index in [0.29, 0.717) is 0 Å². The Labute approximate surface area is 99.9 Å². The molecule has 4 nitrogen and oxygen atoms in total. The van der Waals surface area contributed by atoms with Crippen molar-refractivity contribution in [3.05, 3.63) is 0 Å². The maximum absolute atomic E-state index is 5.42. The smallest absolute Gasteiger partial charge is 0.108 e. The first-order valence-corrected chi connectivity index (χ1v) is 6.35. The third-order valence-electron chi connectivity index (χ3n) is 3.23. The molecule has 96 valence electrons. The molecule has 1 rings (SSSR count). The predicted octanol–water partition coefficient (Wildman–Crippen LogP) is 0.596. The number of hydrogen-bond donors (Lipinski definition) is 1. The molecule has 0 aromatic rings. The summed E-state index contributed by atoms with van der Waals surface area (Å²) in [6, 6.07) is 0. The molecule has 1 aliphatic heterocycles. The van der Waals surface area contributed by atoms with Gasteiger partial charge in [0.15, 0.2) is 0 Å². The van der Waals surface area contributed by atoms with E-state index in [1.165, 1.54) is 32.5 Å². The minimum Gasteiger partial charge on any atom is -0.367 e. The molecule has 1 heterocycles. The van der Waals surface area contributed by atoms with E-state index in [2.05, 4.69) is 29.2 Å². The molecule has 0 aromatic heterocycles. The highest BCUT2D eigenvalue weighted by Crippen LogP contribution is 2.00. The molecule has 1 aliphatic rings. The van der Waals surface area contributed by atoms with Gasteiger partial charge in [-0.2, -0.15) is 0 Å². The zero-order chi connectivity index (χ0) is 11.8. The molecule has 4 heteroatoms. The fourth-order valence-electron chi connectivity index (χ4n) is 2.09. The second-order valence-electron chi connectivity index (χ2n) is 4.78. The summed E-state index contributed by atoms with van der Waals surface area (Å²) in [5.41, 5.74) is 0. The SMILES string of the molecule is COC1CCN(C)CCCN(C)CCCN1. The van der Waals surface area contributed by atoms with E-state index in [1.54, 1.807) is 7.11 Å². The van der Waals surface area contributed by atoms with E-state index in [1.807, 2.05) is 0 Å². The van der Waals surface area contributed by atoms with Crippen LogP contribution in [-0.4, -0.2) is 70.0 Å². The Bertz CT molecular complexity index is 178. The van der Waals surface area contributed by atoms with Gasteiger partial charge in [-0.1, -0.05) is 0 Å². The van der Waals surface area contributed by atoms with Crippen LogP contribution in [0, 0.1) is 0 Å². The molecule has 1 fully saturated rings. The molecular formula is C12H27N3O. The van der Waals surface area contributed by atoms with Gasteiger partial charge < -0.3 is 14.5 Å². The lowest BCUT2D eigenvalue weighted by molar-refractivity contribution is 0.0571. The van der Waals surface area contributed by atoms with Crippen molar-refractivity contribution in [2.24, 2.45) is 0 Å². The van der Waals surface area contributed by atoms with Crippen LogP contribution in [0.4, 0.5) is 0 Å². The summed E-state index contributed by atoms with van der Waals surface area (Å²) in [5, 5.41) is 3.45. The summed E-state index contributed by atoms with van der Waals surface area (Å²) in [6.07, 6.45) is 3.75. The van der Waals surface area contributed by atoms with Crippen molar-refractivity contribution < 1.29 is 4.74 Å². The number of hydrogen-bond acceptors (Lipinski definition) is 4. The Kier molecular flexibility index (Phi) is 6.96. The quantitative estimate of drug-likeness (QED) is 0.712. The highest BCUT2D eigenvalue weighted by molar-refractivity contribution is 4.64. The van der Waals surface area contributed by atoms with Gasteiger partial charge in [0, 0.05) is 13.7 Å². The Morgan fingerprint density at radius 2 is 1.62 bits per heavy atom. The van der Waals surface area contributed by atoms with Crippen molar-refractivity contribution in [3.8, 4) is 0 Å². The normalized spacial score (nSPS) is 28.3. The summed E-state index contributed by atoms with van der Waals surface area (Å²) in [6.45, 7) is 5.72. The number of nitrogens with one attached hydrogen (secondary N) is 1. The van der Waals surface area contributed by atoms with E-state index in [0.717, 1.165) is 19.5 Å². The third kappa shape index (κ3) is 5.80. The second kappa shape index (κ2) is 8.01. The van der Waals surface area contributed by atoms with E-state index >= 15 is 0 Å². The first-order valence-electron chi connectivity index (χ1n) is 6.35. The maximum Gasteiger partial charge on any atom is 0.108 e. The van der Waals surface area contributed by atoms with Crippen LogP contribution in [0.15, 0.2) is 0 Å². The molecule has 0 aromatic carbocycles. The zero-order valence-corrected chi connectivity index (χ0v) is 11.0. The van der Waals surface area contributed by atoms with Crippen LogP contribution in [0.3, 0.4) is 0 Å². The van der Waals surface area contributed by atoms with Gasteiger partial charge in [0.05, 0.1) is 0 Å². The first kappa shape index (κ1) is 13.9. The van der Waals surface area contributed by atoms with E-state index in [4.69, 9.17) is 4.74 Å². The van der Waals surface area contributed by atoms with Gasteiger partial charge in [-0.15, -0.1) is 0 Å². The van der Waals surface area contributed by atoms with Gasteiger partial charge in [-0.3, -0.25) is 5.32 Å². The van der Waals surface area contributed by atoms with Crippen molar-refractivity contribution in [2.45, 2.75) is 25.5 Å². The molecule has 16 heavy (non-hydrogen) atoms. The topological polar surface area (TPSA) is 27.7 Å². The lowest BCUT2D eigenvalue weighted by Crippen LogP contribution is -2.38. The Morgan fingerprint density at radius 1 is 1.00 bits per heavy atom. The number of methoxy groups -OCH3 is 1. The molecule has 1 unspecified atom stereocenters. The van der Waals surface area contributed by atoms with Crippen LogP contribution in [0.5, 0.6) is 0 Å². The average Bonchev–Trinajstić information content (AvgIpc) is 2.26. The van der Waals surface area contributed by atoms with Gasteiger partial charge in [-0.25, -0.2) is 0 Å². The lowest BCUT2D eigenvalue weighted by Gasteiger charge is -2.25. The van der Waals surface area contributed by atoms with Crippen molar-refractivity contribution in [1.29, 1.82) is 0 Å². The molecule has 1 saturated heterocycles. The highest BCUT2D eigenvalue weighted by Gasteiger charge is 2.09. The van der Waals surface area contributed by atoms with Gasteiger partial charge in [0.25, 0.3) is 0 Å². The standard InChI is InChI=1S/C12H27N3O/c1-14-8-4-7-13-12(16-3)6-11-15(2)10-5-9-14/h12-13H,4-11H2,1-3H3. The number of nitrogens with zero attached hydrogens (tertiary/aromatic N) is 2. The van der Waals surface area contributed by atoms with E-state index in [9.17, 15) is 0 Å².